The number of aliphatic hydroxyl groups excluding tert-OH is 1. The zero-order valence-corrected chi connectivity index (χ0v) is 20.8. The van der Waals surface area contributed by atoms with E-state index in [9.17, 15) is 24.6 Å². The highest BCUT2D eigenvalue weighted by Gasteiger charge is 2.76. The number of benzene rings is 1. The van der Waals surface area contributed by atoms with E-state index in [0.717, 1.165) is 0 Å². The van der Waals surface area contributed by atoms with Crippen LogP contribution >= 0.6 is 27.7 Å². The number of rotatable bonds is 8. The number of hydrogen-bond acceptors (Lipinski definition) is 6. The monoisotopic (exact) mass is 538 g/mol. The van der Waals surface area contributed by atoms with Crippen LogP contribution in [0.1, 0.15) is 13.3 Å². The summed E-state index contributed by atoms with van der Waals surface area (Å²) >= 11 is 5.05. The summed E-state index contributed by atoms with van der Waals surface area (Å²) in [5.41, 5.74) is 0.618. The van der Waals surface area contributed by atoms with Crippen molar-refractivity contribution in [1.82, 2.24) is 4.90 Å². The lowest BCUT2D eigenvalue weighted by Gasteiger charge is -2.39. The molecule has 4 rings (SSSR count). The summed E-state index contributed by atoms with van der Waals surface area (Å²) in [6.07, 6.45) is 2.11. The molecule has 178 valence electrons. The average molecular weight is 539 g/mol. The fourth-order valence-electron chi connectivity index (χ4n) is 5.55. The predicted molar refractivity (Wildman–Crippen MR) is 129 cm³/mol. The molecule has 3 aliphatic heterocycles. The van der Waals surface area contributed by atoms with Gasteiger partial charge >= 0.3 is 5.97 Å². The van der Waals surface area contributed by atoms with E-state index in [0.29, 0.717) is 17.9 Å². The van der Waals surface area contributed by atoms with E-state index in [2.05, 4.69) is 22.5 Å². The molecule has 0 aliphatic carbocycles. The Labute approximate surface area is 205 Å². The molecule has 3 aliphatic rings. The maximum atomic E-state index is 14.2. The Balaban J connectivity index is 1.81. The summed E-state index contributed by atoms with van der Waals surface area (Å²) in [7, 11) is 1.56. The van der Waals surface area contributed by atoms with Crippen molar-refractivity contribution >= 4 is 51.2 Å². The number of anilines is 1. The number of likely N-dealkylation sites (tertiary alicyclic amines) is 1. The number of thioether (sulfide) groups is 1. The number of carbonyl (C=O) groups is 3. The third-order valence-electron chi connectivity index (χ3n) is 6.95. The molecule has 3 heterocycles. The van der Waals surface area contributed by atoms with Crippen LogP contribution in [0.3, 0.4) is 0 Å². The molecule has 0 radical (unpaired) electrons. The number of nitrogens with zero attached hydrogens (tertiary/aromatic N) is 2. The highest BCUT2D eigenvalue weighted by molar-refractivity contribution is 9.09. The highest BCUT2D eigenvalue weighted by Crippen LogP contribution is 2.68. The van der Waals surface area contributed by atoms with E-state index in [1.54, 1.807) is 49.3 Å². The minimum absolute atomic E-state index is 0.124. The highest BCUT2D eigenvalue weighted by atomic mass is 79.9. The first-order chi connectivity index (χ1) is 15.7. The average Bonchev–Trinajstić information content (AvgIpc) is 3.40. The van der Waals surface area contributed by atoms with Gasteiger partial charge < -0.3 is 24.7 Å². The number of hydrogen-bond donors (Lipinski definition) is 2. The van der Waals surface area contributed by atoms with E-state index < -0.39 is 34.6 Å². The van der Waals surface area contributed by atoms with Crippen molar-refractivity contribution < 1.29 is 29.3 Å². The van der Waals surface area contributed by atoms with Gasteiger partial charge in [-0.2, -0.15) is 0 Å². The maximum Gasteiger partial charge on any atom is 0.308 e. The Bertz CT molecular complexity index is 974. The molecular weight excluding hydrogens is 512 g/mol. The standard InChI is InChI=1S/C23H27BrN2O6S/c1-4-9-25(13-5-7-14(32-3)8-6-13)21(29)19-23-10-15(24)18(33-23)16(22(30)31)17(23)20(28)26(19)12(2)11-27/h4-8,12,15-19,27H,1,9-11H2,2-3H3,(H,30,31)/t12-,15?,16-,17+,18-,19?,23?/m1/s1. The van der Waals surface area contributed by atoms with Gasteiger partial charge in [-0.1, -0.05) is 22.0 Å². The summed E-state index contributed by atoms with van der Waals surface area (Å²) in [6.45, 7) is 5.35. The Kier molecular flexibility index (Phi) is 6.54. The number of amides is 2. The Morgan fingerprint density at radius 3 is 2.64 bits per heavy atom. The normalized spacial score (nSPS) is 33.0. The molecule has 3 saturated heterocycles. The van der Waals surface area contributed by atoms with Gasteiger partial charge in [-0.3, -0.25) is 14.4 Å². The zero-order valence-electron chi connectivity index (χ0n) is 18.4. The van der Waals surface area contributed by atoms with Gasteiger partial charge in [0, 0.05) is 22.3 Å². The fourth-order valence-corrected chi connectivity index (χ4v) is 9.14. The molecule has 1 spiro atoms. The number of aliphatic carboxylic acids is 1. The number of ether oxygens (including phenoxy) is 1. The molecule has 3 fully saturated rings. The van der Waals surface area contributed by atoms with Gasteiger partial charge in [0.2, 0.25) is 5.91 Å². The second-order valence-corrected chi connectivity index (χ2v) is 11.4. The topological polar surface area (TPSA) is 107 Å². The van der Waals surface area contributed by atoms with Gasteiger partial charge in [0.1, 0.15) is 11.8 Å². The van der Waals surface area contributed by atoms with E-state index in [-0.39, 0.29) is 35.0 Å². The number of alkyl halides is 1. The number of carbonyl (C=O) groups excluding carboxylic acids is 2. The molecule has 2 bridgehead atoms. The molecule has 7 atom stereocenters. The van der Waals surface area contributed by atoms with Crippen molar-refractivity contribution in [2.75, 3.05) is 25.2 Å². The van der Waals surface area contributed by atoms with E-state index >= 15 is 0 Å². The van der Waals surface area contributed by atoms with Crippen molar-refractivity contribution in [3.8, 4) is 5.75 Å². The quantitative estimate of drug-likeness (QED) is 0.385. The van der Waals surface area contributed by atoms with Gasteiger partial charge in [0.25, 0.3) is 5.91 Å². The molecule has 1 aromatic carbocycles. The number of carboxylic acid groups (broad SMARTS) is 1. The van der Waals surface area contributed by atoms with Crippen LogP contribution < -0.4 is 9.64 Å². The third-order valence-corrected chi connectivity index (χ3v) is 10.2. The van der Waals surface area contributed by atoms with Gasteiger partial charge in [0.05, 0.1) is 36.3 Å². The minimum Gasteiger partial charge on any atom is -0.497 e. The minimum atomic E-state index is -1.03. The van der Waals surface area contributed by atoms with Crippen LogP contribution in [-0.2, 0) is 14.4 Å². The molecule has 2 amide bonds. The fraction of sp³-hybridized carbons (Fsp3) is 0.522. The Hall–Kier alpha value is -2.04. The predicted octanol–water partition coefficient (Wildman–Crippen LogP) is 2.14. The summed E-state index contributed by atoms with van der Waals surface area (Å²) in [5.74, 6) is -2.77. The Morgan fingerprint density at radius 1 is 1.42 bits per heavy atom. The van der Waals surface area contributed by atoms with Crippen LogP contribution in [0.5, 0.6) is 5.75 Å². The molecule has 33 heavy (non-hydrogen) atoms. The number of halogens is 1. The molecule has 2 N–H and O–H groups in total. The number of aliphatic hydroxyl groups is 1. The van der Waals surface area contributed by atoms with Crippen molar-refractivity contribution in [3.05, 3.63) is 36.9 Å². The third kappa shape index (κ3) is 3.57. The second-order valence-electron chi connectivity index (χ2n) is 8.71. The molecule has 0 saturated carbocycles. The lowest BCUT2D eigenvalue weighted by Crippen LogP contribution is -2.57. The summed E-state index contributed by atoms with van der Waals surface area (Å²) in [5, 5.41) is 19.6. The van der Waals surface area contributed by atoms with Crippen LogP contribution in [-0.4, -0.2) is 80.1 Å². The molecule has 1 aromatic rings. The second kappa shape index (κ2) is 8.96. The summed E-state index contributed by atoms with van der Waals surface area (Å²) in [4.78, 5) is 42.8. The van der Waals surface area contributed by atoms with Gasteiger partial charge in [-0.05, 0) is 37.6 Å². The Morgan fingerprint density at radius 2 is 2.09 bits per heavy atom. The number of methoxy groups -OCH3 is 1. The van der Waals surface area contributed by atoms with Crippen LogP contribution in [0.4, 0.5) is 5.69 Å². The van der Waals surface area contributed by atoms with E-state index in [1.807, 2.05) is 0 Å². The molecular formula is C23H27BrN2O6S. The van der Waals surface area contributed by atoms with E-state index in [4.69, 9.17) is 4.74 Å². The molecule has 10 heteroatoms. The van der Waals surface area contributed by atoms with Crippen LogP contribution in [0.2, 0.25) is 0 Å². The van der Waals surface area contributed by atoms with Crippen LogP contribution in [0.25, 0.3) is 0 Å². The smallest absolute Gasteiger partial charge is 0.308 e. The summed E-state index contributed by atoms with van der Waals surface area (Å²) < 4.78 is 4.34. The van der Waals surface area contributed by atoms with Crippen molar-refractivity contribution in [1.29, 1.82) is 0 Å². The zero-order chi connectivity index (χ0) is 24.1. The number of fused-ring (bicyclic) bond motifs is 1. The molecule has 3 unspecified atom stereocenters. The van der Waals surface area contributed by atoms with Crippen molar-refractivity contribution in [2.45, 2.75) is 40.3 Å². The first-order valence-corrected chi connectivity index (χ1v) is 12.6. The largest absolute Gasteiger partial charge is 0.497 e. The lowest BCUT2D eigenvalue weighted by atomic mass is 9.71. The molecule has 0 aromatic heterocycles. The first kappa shape index (κ1) is 24.1. The lowest BCUT2D eigenvalue weighted by molar-refractivity contribution is -0.149. The first-order valence-electron chi connectivity index (χ1n) is 10.8. The van der Waals surface area contributed by atoms with Gasteiger partial charge in [0.15, 0.2) is 0 Å². The van der Waals surface area contributed by atoms with Gasteiger partial charge in [-0.25, -0.2) is 0 Å². The van der Waals surface area contributed by atoms with Crippen molar-refractivity contribution in [2.24, 2.45) is 11.8 Å². The van der Waals surface area contributed by atoms with Crippen molar-refractivity contribution in [3.63, 3.8) is 0 Å². The van der Waals surface area contributed by atoms with Crippen LogP contribution in [0.15, 0.2) is 36.9 Å². The SMILES string of the molecule is C=CCN(C(=O)C1N([C@H](C)CO)C(=O)[C@@H]2[C@@H](C(=O)O)[C@@H]3SC12CC3Br)c1ccc(OC)cc1. The van der Waals surface area contributed by atoms with Gasteiger partial charge in [-0.15, -0.1) is 18.3 Å². The number of carboxylic acids is 1. The molecule has 8 nitrogen and oxygen atoms in total. The summed E-state index contributed by atoms with van der Waals surface area (Å²) in [6, 6.07) is 5.49. The van der Waals surface area contributed by atoms with Crippen LogP contribution in [0, 0.1) is 11.8 Å². The maximum absolute atomic E-state index is 14.2. The van der Waals surface area contributed by atoms with E-state index in [1.165, 1.54) is 16.7 Å².